The molecule has 1 aliphatic rings. The van der Waals surface area contributed by atoms with E-state index in [0.717, 1.165) is 5.57 Å². The van der Waals surface area contributed by atoms with Crippen molar-refractivity contribution in [3.05, 3.63) is 34.4 Å². The first-order valence-corrected chi connectivity index (χ1v) is 7.08. The summed E-state index contributed by atoms with van der Waals surface area (Å²) in [5.74, 6) is -0.794. The Hall–Kier alpha value is -1.56. The van der Waals surface area contributed by atoms with E-state index in [1.165, 1.54) is 0 Å². The first-order valence-electron chi connectivity index (χ1n) is 6.70. The Morgan fingerprint density at radius 1 is 1.57 bits per heavy atom. The van der Waals surface area contributed by atoms with E-state index in [2.05, 4.69) is 0 Å². The van der Waals surface area contributed by atoms with Crippen LogP contribution in [0.2, 0.25) is 5.02 Å². The highest BCUT2D eigenvalue weighted by atomic mass is 35.5. The molecule has 1 unspecified atom stereocenters. The van der Waals surface area contributed by atoms with E-state index in [9.17, 15) is 9.90 Å². The van der Waals surface area contributed by atoms with Crippen molar-refractivity contribution in [1.29, 1.82) is 0 Å². The SMILES string of the molecule is C/C(=C\c1cc(Cl)ccc1O)CN1CCC(N)(C(=O)O)C1. The van der Waals surface area contributed by atoms with Crippen LogP contribution < -0.4 is 5.73 Å². The number of halogens is 1. The molecule has 5 nitrogen and oxygen atoms in total. The highest BCUT2D eigenvalue weighted by molar-refractivity contribution is 6.30. The van der Waals surface area contributed by atoms with Crippen molar-refractivity contribution in [3.63, 3.8) is 0 Å². The fourth-order valence-electron chi connectivity index (χ4n) is 2.53. The number of aromatic hydroxyl groups is 1. The second-order valence-electron chi connectivity index (χ2n) is 5.62. The van der Waals surface area contributed by atoms with Crippen LogP contribution >= 0.6 is 11.6 Å². The number of nitrogens with zero attached hydrogens (tertiary/aromatic N) is 1. The maximum Gasteiger partial charge on any atom is 0.325 e. The molecule has 1 saturated heterocycles. The van der Waals surface area contributed by atoms with E-state index in [1.54, 1.807) is 18.2 Å². The predicted molar refractivity (Wildman–Crippen MR) is 82.4 cm³/mol. The molecule has 114 valence electrons. The first kappa shape index (κ1) is 15.8. The van der Waals surface area contributed by atoms with Gasteiger partial charge in [0.25, 0.3) is 0 Å². The number of rotatable bonds is 4. The van der Waals surface area contributed by atoms with Crippen LogP contribution in [0.15, 0.2) is 23.8 Å². The molecule has 1 heterocycles. The molecule has 1 atom stereocenters. The van der Waals surface area contributed by atoms with Gasteiger partial charge in [-0.15, -0.1) is 0 Å². The molecule has 1 aromatic rings. The van der Waals surface area contributed by atoms with Crippen LogP contribution in [0.25, 0.3) is 6.08 Å². The van der Waals surface area contributed by atoms with Gasteiger partial charge >= 0.3 is 5.97 Å². The molecule has 2 rings (SSSR count). The van der Waals surface area contributed by atoms with Crippen molar-refractivity contribution in [2.45, 2.75) is 18.9 Å². The topological polar surface area (TPSA) is 86.8 Å². The molecule has 0 bridgehead atoms. The van der Waals surface area contributed by atoms with Gasteiger partial charge in [0, 0.05) is 30.2 Å². The lowest BCUT2D eigenvalue weighted by Crippen LogP contribution is -2.50. The molecule has 0 amide bonds. The minimum Gasteiger partial charge on any atom is -0.507 e. The lowest BCUT2D eigenvalue weighted by molar-refractivity contribution is -0.142. The zero-order chi connectivity index (χ0) is 15.6. The molecule has 0 saturated carbocycles. The fourth-order valence-corrected chi connectivity index (χ4v) is 2.71. The van der Waals surface area contributed by atoms with Crippen LogP contribution in [-0.2, 0) is 4.79 Å². The molecular weight excluding hydrogens is 292 g/mol. The van der Waals surface area contributed by atoms with Gasteiger partial charge in [-0.3, -0.25) is 9.69 Å². The number of carboxylic acid groups (broad SMARTS) is 1. The van der Waals surface area contributed by atoms with Gasteiger partial charge in [0.15, 0.2) is 0 Å². The average molecular weight is 311 g/mol. The summed E-state index contributed by atoms with van der Waals surface area (Å²) in [7, 11) is 0. The third-order valence-corrected chi connectivity index (χ3v) is 3.91. The molecule has 6 heteroatoms. The summed E-state index contributed by atoms with van der Waals surface area (Å²) in [6.45, 7) is 3.51. The maximum absolute atomic E-state index is 11.1. The summed E-state index contributed by atoms with van der Waals surface area (Å²) in [6, 6.07) is 4.86. The molecule has 0 aliphatic carbocycles. The number of carboxylic acids is 1. The highest BCUT2D eigenvalue weighted by Gasteiger charge is 2.40. The van der Waals surface area contributed by atoms with E-state index in [0.29, 0.717) is 36.6 Å². The van der Waals surface area contributed by atoms with Gasteiger partial charge in [0.2, 0.25) is 0 Å². The Balaban J connectivity index is 2.05. The summed E-state index contributed by atoms with van der Waals surface area (Å²) >= 11 is 5.91. The molecule has 4 N–H and O–H groups in total. The second-order valence-corrected chi connectivity index (χ2v) is 6.05. The maximum atomic E-state index is 11.1. The number of nitrogens with two attached hydrogens (primary N) is 1. The summed E-state index contributed by atoms with van der Waals surface area (Å²) in [5.41, 5.74) is 6.34. The molecule has 0 spiro atoms. The van der Waals surface area contributed by atoms with E-state index in [4.69, 9.17) is 22.4 Å². The zero-order valence-electron chi connectivity index (χ0n) is 11.8. The summed E-state index contributed by atoms with van der Waals surface area (Å²) in [6.07, 6.45) is 2.29. The van der Waals surface area contributed by atoms with Gasteiger partial charge in [0.05, 0.1) is 0 Å². The number of phenolic OH excluding ortho intramolecular Hbond substituents is 1. The van der Waals surface area contributed by atoms with E-state index >= 15 is 0 Å². The van der Waals surface area contributed by atoms with Crippen molar-refractivity contribution in [1.82, 2.24) is 4.90 Å². The molecule has 21 heavy (non-hydrogen) atoms. The average Bonchev–Trinajstić information content (AvgIpc) is 2.77. The van der Waals surface area contributed by atoms with Gasteiger partial charge < -0.3 is 15.9 Å². The third kappa shape index (κ3) is 3.75. The summed E-state index contributed by atoms with van der Waals surface area (Å²) in [4.78, 5) is 13.1. The van der Waals surface area contributed by atoms with Crippen molar-refractivity contribution in [3.8, 4) is 5.75 Å². The van der Waals surface area contributed by atoms with E-state index < -0.39 is 11.5 Å². The van der Waals surface area contributed by atoms with Crippen LogP contribution in [0.1, 0.15) is 18.9 Å². The van der Waals surface area contributed by atoms with Crippen LogP contribution in [0.5, 0.6) is 5.75 Å². The minimum atomic E-state index is -1.15. The molecule has 1 aliphatic heterocycles. The first-order chi connectivity index (χ1) is 9.80. The number of phenols is 1. The second kappa shape index (κ2) is 6.05. The normalized spacial score (nSPS) is 23.5. The Kier molecular flexibility index (Phi) is 4.56. The molecular formula is C15H19ClN2O3. The van der Waals surface area contributed by atoms with E-state index in [-0.39, 0.29) is 5.75 Å². The monoisotopic (exact) mass is 310 g/mol. The number of hydrogen-bond donors (Lipinski definition) is 3. The van der Waals surface area contributed by atoms with Gasteiger partial charge in [-0.05, 0) is 31.5 Å². The van der Waals surface area contributed by atoms with Crippen molar-refractivity contribution in [2.75, 3.05) is 19.6 Å². The molecule has 1 fully saturated rings. The van der Waals surface area contributed by atoms with Gasteiger partial charge in [0.1, 0.15) is 11.3 Å². The number of likely N-dealkylation sites (tertiary alicyclic amines) is 1. The van der Waals surface area contributed by atoms with Crippen molar-refractivity contribution in [2.24, 2.45) is 5.73 Å². The Labute approximate surface area is 128 Å². The quantitative estimate of drug-likeness (QED) is 0.791. The lowest BCUT2D eigenvalue weighted by atomic mass is 10.0. The van der Waals surface area contributed by atoms with Crippen molar-refractivity contribution >= 4 is 23.6 Å². The summed E-state index contributed by atoms with van der Waals surface area (Å²) in [5, 5.41) is 19.5. The number of hydrogen-bond acceptors (Lipinski definition) is 4. The van der Waals surface area contributed by atoms with Crippen LogP contribution in [-0.4, -0.2) is 46.3 Å². The number of aliphatic carboxylic acids is 1. The smallest absolute Gasteiger partial charge is 0.325 e. The summed E-state index contributed by atoms with van der Waals surface area (Å²) < 4.78 is 0. The lowest BCUT2D eigenvalue weighted by Gasteiger charge is -2.20. The van der Waals surface area contributed by atoms with Crippen LogP contribution in [0.4, 0.5) is 0 Å². The molecule has 0 radical (unpaired) electrons. The van der Waals surface area contributed by atoms with Gasteiger partial charge in [-0.2, -0.15) is 0 Å². The Morgan fingerprint density at radius 3 is 2.90 bits per heavy atom. The Bertz CT molecular complexity index is 588. The van der Waals surface area contributed by atoms with Gasteiger partial charge in [-0.25, -0.2) is 0 Å². The highest BCUT2D eigenvalue weighted by Crippen LogP contribution is 2.25. The minimum absolute atomic E-state index is 0.166. The van der Waals surface area contributed by atoms with Crippen molar-refractivity contribution < 1.29 is 15.0 Å². The van der Waals surface area contributed by atoms with E-state index in [1.807, 2.05) is 17.9 Å². The Morgan fingerprint density at radius 2 is 2.29 bits per heavy atom. The largest absolute Gasteiger partial charge is 0.507 e. The number of benzene rings is 1. The molecule has 0 aromatic heterocycles. The fraction of sp³-hybridized carbons (Fsp3) is 0.400. The zero-order valence-corrected chi connectivity index (χ0v) is 12.6. The van der Waals surface area contributed by atoms with Crippen LogP contribution in [0, 0.1) is 0 Å². The standard InChI is InChI=1S/C15H19ClN2O3/c1-10(6-11-7-12(16)2-3-13(11)19)8-18-5-4-15(17,9-18)14(20)21/h2-3,6-7,19H,4-5,8-9,17H2,1H3,(H,20,21)/b10-6+. The predicted octanol–water partition coefficient (Wildman–Crippen LogP) is 1.94. The molecule has 1 aromatic carbocycles. The van der Waals surface area contributed by atoms with Crippen LogP contribution in [0.3, 0.4) is 0 Å². The van der Waals surface area contributed by atoms with Gasteiger partial charge in [-0.1, -0.05) is 23.3 Å². The third-order valence-electron chi connectivity index (χ3n) is 3.67. The number of carbonyl (C=O) groups is 1.